The highest BCUT2D eigenvalue weighted by atomic mass is 19.2. The Bertz CT molecular complexity index is 870. The van der Waals surface area contributed by atoms with Crippen molar-refractivity contribution in [2.45, 2.75) is 57.8 Å². The fourth-order valence-corrected chi connectivity index (χ4v) is 4.57. The highest BCUT2D eigenvalue weighted by Crippen LogP contribution is 2.38. The molecule has 2 aliphatic heterocycles. The molecule has 2 aromatic rings. The number of rotatable bonds is 7. The second-order valence-electron chi connectivity index (χ2n) is 8.63. The van der Waals surface area contributed by atoms with Crippen LogP contribution in [0.3, 0.4) is 0 Å². The molecule has 0 saturated carbocycles. The van der Waals surface area contributed by atoms with Crippen LogP contribution < -0.4 is 4.74 Å². The zero-order valence-electron chi connectivity index (χ0n) is 18.8. The van der Waals surface area contributed by atoms with Gasteiger partial charge in [0.05, 0.1) is 32.5 Å². The molecule has 0 spiro atoms. The van der Waals surface area contributed by atoms with Gasteiger partial charge in [-0.05, 0) is 43.4 Å². The fourth-order valence-electron chi connectivity index (χ4n) is 4.57. The Morgan fingerprint density at radius 3 is 2.19 bits per heavy atom. The van der Waals surface area contributed by atoms with E-state index in [2.05, 4.69) is 6.92 Å². The molecule has 2 fully saturated rings. The monoisotopic (exact) mass is 446 g/mol. The standard InChI is InChI=1S/C26H32F2O4/c1-3-5-17-14-31-26(32-15-17)19-8-6-18(7-9-19)22-12-10-20(16-30-22)21-11-13-23(29-4-2)25(28)24(21)27/h6-9,11,13,17,20,22,26H,3-5,10,12,14-16H2,1-2H3. The van der Waals surface area contributed by atoms with E-state index in [4.69, 9.17) is 18.9 Å². The van der Waals surface area contributed by atoms with Gasteiger partial charge in [0.1, 0.15) is 0 Å². The fraction of sp³-hybridized carbons (Fsp3) is 0.538. The molecule has 0 N–H and O–H groups in total. The van der Waals surface area contributed by atoms with E-state index >= 15 is 0 Å². The topological polar surface area (TPSA) is 36.9 Å². The lowest BCUT2D eigenvalue weighted by molar-refractivity contribution is -0.206. The van der Waals surface area contributed by atoms with Crippen LogP contribution in [0.25, 0.3) is 0 Å². The molecule has 32 heavy (non-hydrogen) atoms. The Morgan fingerprint density at radius 2 is 1.56 bits per heavy atom. The van der Waals surface area contributed by atoms with Crippen LogP contribution in [-0.2, 0) is 14.2 Å². The molecule has 2 saturated heterocycles. The molecular formula is C26H32F2O4. The van der Waals surface area contributed by atoms with Crippen molar-refractivity contribution in [3.63, 3.8) is 0 Å². The average Bonchev–Trinajstić information content (AvgIpc) is 2.83. The summed E-state index contributed by atoms with van der Waals surface area (Å²) >= 11 is 0. The Labute approximate surface area is 188 Å². The third-order valence-corrected chi connectivity index (χ3v) is 6.34. The average molecular weight is 447 g/mol. The van der Waals surface area contributed by atoms with Gasteiger partial charge in [0.15, 0.2) is 17.9 Å². The van der Waals surface area contributed by atoms with Crippen molar-refractivity contribution in [2.24, 2.45) is 5.92 Å². The number of hydrogen-bond donors (Lipinski definition) is 0. The van der Waals surface area contributed by atoms with Crippen molar-refractivity contribution < 1.29 is 27.7 Å². The van der Waals surface area contributed by atoms with Crippen molar-refractivity contribution in [1.82, 2.24) is 0 Å². The van der Waals surface area contributed by atoms with Gasteiger partial charge in [-0.25, -0.2) is 4.39 Å². The number of halogens is 2. The zero-order chi connectivity index (χ0) is 22.5. The van der Waals surface area contributed by atoms with Crippen LogP contribution in [-0.4, -0.2) is 26.4 Å². The highest BCUT2D eigenvalue weighted by Gasteiger charge is 2.28. The molecule has 0 aromatic heterocycles. The van der Waals surface area contributed by atoms with Crippen molar-refractivity contribution >= 4 is 0 Å². The number of benzene rings is 2. The Kier molecular flexibility index (Phi) is 7.76. The normalized spacial score (nSPS) is 26.1. The molecule has 2 atom stereocenters. The van der Waals surface area contributed by atoms with E-state index in [0.29, 0.717) is 24.7 Å². The largest absolute Gasteiger partial charge is 0.491 e. The predicted molar refractivity (Wildman–Crippen MR) is 118 cm³/mol. The molecule has 174 valence electrons. The van der Waals surface area contributed by atoms with Gasteiger partial charge in [-0.3, -0.25) is 0 Å². The third-order valence-electron chi connectivity index (χ3n) is 6.34. The maximum Gasteiger partial charge on any atom is 0.200 e. The third kappa shape index (κ3) is 5.13. The maximum atomic E-state index is 14.5. The zero-order valence-corrected chi connectivity index (χ0v) is 18.8. The molecule has 2 unspecified atom stereocenters. The van der Waals surface area contributed by atoms with Gasteiger partial charge in [-0.15, -0.1) is 0 Å². The van der Waals surface area contributed by atoms with E-state index in [1.807, 2.05) is 24.3 Å². The molecule has 4 rings (SSSR count). The Balaban J connectivity index is 1.33. The van der Waals surface area contributed by atoms with Crippen molar-refractivity contribution in [1.29, 1.82) is 0 Å². The molecule has 2 heterocycles. The summed E-state index contributed by atoms with van der Waals surface area (Å²) in [5.74, 6) is -1.49. The first-order valence-electron chi connectivity index (χ1n) is 11.7. The molecule has 2 aromatic carbocycles. The summed E-state index contributed by atoms with van der Waals surface area (Å²) in [6, 6.07) is 11.3. The van der Waals surface area contributed by atoms with E-state index in [0.717, 1.165) is 50.0 Å². The van der Waals surface area contributed by atoms with Crippen LogP contribution >= 0.6 is 0 Å². The lowest BCUT2D eigenvalue weighted by Gasteiger charge is -2.31. The van der Waals surface area contributed by atoms with E-state index in [-0.39, 0.29) is 24.1 Å². The Morgan fingerprint density at radius 1 is 0.844 bits per heavy atom. The molecule has 0 bridgehead atoms. The van der Waals surface area contributed by atoms with Crippen molar-refractivity contribution in [3.05, 3.63) is 64.7 Å². The first-order valence-corrected chi connectivity index (χ1v) is 11.7. The van der Waals surface area contributed by atoms with E-state index in [1.54, 1.807) is 13.0 Å². The number of ether oxygens (including phenoxy) is 4. The number of hydrogen-bond acceptors (Lipinski definition) is 4. The molecule has 0 amide bonds. The summed E-state index contributed by atoms with van der Waals surface area (Å²) < 4.78 is 51.8. The van der Waals surface area contributed by atoms with Crippen LogP contribution in [0.1, 0.15) is 74.5 Å². The molecule has 6 heteroatoms. The molecule has 0 aliphatic carbocycles. The van der Waals surface area contributed by atoms with Gasteiger partial charge < -0.3 is 18.9 Å². The van der Waals surface area contributed by atoms with Gasteiger partial charge in [0, 0.05) is 17.4 Å². The van der Waals surface area contributed by atoms with Gasteiger partial charge in [0.25, 0.3) is 0 Å². The minimum Gasteiger partial charge on any atom is -0.491 e. The SMILES string of the molecule is CCCC1COC(c2ccc(C3CCC(c4ccc(OCC)c(F)c4F)CO3)cc2)OC1. The predicted octanol–water partition coefficient (Wildman–Crippen LogP) is 6.46. The second kappa shape index (κ2) is 10.7. The van der Waals surface area contributed by atoms with Gasteiger partial charge in [0.2, 0.25) is 5.82 Å². The van der Waals surface area contributed by atoms with Gasteiger partial charge in [-0.1, -0.05) is 43.7 Å². The smallest absolute Gasteiger partial charge is 0.200 e. The molecule has 2 aliphatic rings. The van der Waals surface area contributed by atoms with Crippen LogP contribution in [0.2, 0.25) is 0 Å². The lowest BCUT2D eigenvalue weighted by Crippen LogP contribution is -2.27. The Hall–Kier alpha value is -2.02. The van der Waals surface area contributed by atoms with Crippen molar-refractivity contribution in [2.75, 3.05) is 26.4 Å². The summed E-state index contributed by atoms with van der Waals surface area (Å²) in [5, 5.41) is 0. The maximum absolute atomic E-state index is 14.5. The first kappa shape index (κ1) is 23.1. The molecule has 0 radical (unpaired) electrons. The second-order valence-corrected chi connectivity index (χ2v) is 8.63. The van der Waals surface area contributed by atoms with E-state index in [9.17, 15) is 8.78 Å². The minimum absolute atomic E-state index is 0.0461. The van der Waals surface area contributed by atoms with Gasteiger partial charge >= 0.3 is 0 Å². The molecule has 4 nitrogen and oxygen atoms in total. The first-order chi connectivity index (χ1) is 15.6. The summed E-state index contributed by atoms with van der Waals surface area (Å²) in [6.07, 6.45) is 3.36. The summed E-state index contributed by atoms with van der Waals surface area (Å²) in [4.78, 5) is 0. The minimum atomic E-state index is -0.921. The summed E-state index contributed by atoms with van der Waals surface area (Å²) in [7, 11) is 0. The van der Waals surface area contributed by atoms with Crippen LogP contribution in [0, 0.1) is 17.6 Å². The molecular weight excluding hydrogens is 414 g/mol. The quantitative estimate of drug-likeness (QED) is 0.489. The van der Waals surface area contributed by atoms with Crippen LogP contribution in [0.4, 0.5) is 8.78 Å². The summed E-state index contributed by atoms with van der Waals surface area (Å²) in [6.45, 7) is 6.02. The lowest BCUT2D eigenvalue weighted by atomic mass is 9.89. The van der Waals surface area contributed by atoms with E-state index < -0.39 is 11.6 Å². The van der Waals surface area contributed by atoms with Gasteiger partial charge in [-0.2, -0.15) is 4.39 Å². The van der Waals surface area contributed by atoms with Crippen LogP contribution in [0.15, 0.2) is 36.4 Å². The van der Waals surface area contributed by atoms with E-state index in [1.165, 1.54) is 6.07 Å². The van der Waals surface area contributed by atoms with Crippen LogP contribution in [0.5, 0.6) is 5.75 Å². The highest BCUT2D eigenvalue weighted by molar-refractivity contribution is 5.34. The van der Waals surface area contributed by atoms with Crippen molar-refractivity contribution in [3.8, 4) is 5.75 Å². The summed E-state index contributed by atoms with van der Waals surface area (Å²) in [5.41, 5.74) is 2.43.